The van der Waals surface area contributed by atoms with Gasteiger partial charge < -0.3 is 5.32 Å². The number of aromatic nitrogens is 2. The highest BCUT2D eigenvalue weighted by Gasteiger charge is 2.04. The molecule has 96 valence electrons. The minimum Gasteiger partial charge on any atom is -0.307 e. The minimum absolute atomic E-state index is 0.813. The predicted octanol–water partition coefficient (Wildman–Crippen LogP) is 2.64. The zero-order valence-electron chi connectivity index (χ0n) is 11.6. The van der Waals surface area contributed by atoms with E-state index in [0.29, 0.717) is 0 Å². The van der Waals surface area contributed by atoms with Crippen LogP contribution in [0.1, 0.15) is 27.9 Å². The van der Waals surface area contributed by atoms with E-state index in [9.17, 15) is 0 Å². The van der Waals surface area contributed by atoms with Gasteiger partial charge in [0.05, 0.1) is 5.69 Å². The molecule has 0 fully saturated rings. The summed E-state index contributed by atoms with van der Waals surface area (Å²) in [5.74, 6) is 0. The summed E-state index contributed by atoms with van der Waals surface area (Å²) in [6, 6.07) is 6.53. The second kappa shape index (κ2) is 5.36. The standard InChI is InChI=1S/C15H21N3/c1-11-7-12(2)15(13(3)8-11)10-16-9-14-5-6-18(4)17-14/h5-8,16H,9-10H2,1-4H3. The fourth-order valence-corrected chi connectivity index (χ4v) is 2.36. The normalized spacial score (nSPS) is 10.9. The van der Waals surface area contributed by atoms with Gasteiger partial charge in [-0.3, -0.25) is 4.68 Å². The maximum Gasteiger partial charge on any atom is 0.0762 e. The van der Waals surface area contributed by atoms with Gasteiger partial charge in [0, 0.05) is 26.3 Å². The molecule has 2 rings (SSSR count). The van der Waals surface area contributed by atoms with Gasteiger partial charge in [0.1, 0.15) is 0 Å². The van der Waals surface area contributed by atoms with Crippen LogP contribution in [0, 0.1) is 20.8 Å². The van der Waals surface area contributed by atoms with Crippen LogP contribution in [0.15, 0.2) is 24.4 Å². The molecule has 18 heavy (non-hydrogen) atoms. The van der Waals surface area contributed by atoms with Crippen LogP contribution < -0.4 is 5.32 Å². The number of benzene rings is 1. The Kier molecular flexibility index (Phi) is 3.82. The van der Waals surface area contributed by atoms with Gasteiger partial charge in [-0.2, -0.15) is 5.10 Å². The van der Waals surface area contributed by atoms with E-state index in [4.69, 9.17) is 0 Å². The molecule has 0 aliphatic heterocycles. The number of nitrogens with one attached hydrogen (secondary N) is 1. The Morgan fingerprint density at radius 3 is 2.33 bits per heavy atom. The van der Waals surface area contributed by atoms with Gasteiger partial charge in [-0.25, -0.2) is 0 Å². The number of hydrogen-bond donors (Lipinski definition) is 1. The van der Waals surface area contributed by atoms with Gasteiger partial charge in [-0.05, 0) is 43.5 Å². The van der Waals surface area contributed by atoms with E-state index in [-0.39, 0.29) is 0 Å². The first-order chi connectivity index (χ1) is 8.56. The number of nitrogens with zero attached hydrogens (tertiary/aromatic N) is 2. The first-order valence-corrected chi connectivity index (χ1v) is 6.32. The van der Waals surface area contributed by atoms with E-state index < -0.39 is 0 Å². The van der Waals surface area contributed by atoms with Crippen LogP contribution in [-0.2, 0) is 20.1 Å². The van der Waals surface area contributed by atoms with Crippen LogP contribution >= 0.6 is 0 Å². The van der Waals surface area contributed by atoms with Crippen LogP contribution in [0.2, 0.25) is 0 Å². The summed E-state index contributed by atoms with van der Waals surface area (Å²) >= 11 is 0. The molecule has 1 heterocycles. The zero-order valence-corrected chi connectivity index (χ0v) is 11.6. The second-order valence-corrected chi connectivity index (χ2v) is 4.96. The summed E-state index contributed by atoms with van der Waals surface area (Å²) in [6.45, 7) is 8.21. The minimum atomic E-state index is 0.813. The maximum absolute atomic E-state index is 4.36. The lowest BCUT2D eigenvalue weighted by atomic mass is 10.00. The Morgan fingerprint density at radius 1 is 1.11 bits per heavy atom. The molecule has 1 N–H and O–H groups in total. The molecule has 1 aromatic heterocycles. The quantitative estimate of drug-likeness (QED) is 0.894. The molecule has 1 aromatic carbocycles. The van der Waals surface area contributed by atoms with Crippen molar-refractivity contribution in [3.63, 3.8) is 0 Å². The van der Waals surface area contributed by atoms with Gasteiger partial charge in [-0.15, -0.1) is 0 Å². The average Bonchev–Trinajstić information content (AvgIpc) is 2.68. The van der Waals surface area contributed by atoms with Crippen molar-refractivity contribution in [1.29, 1.82) is 0 Å². The molecular formula is C15H21N3. The molecule has 0 spiro atoms. The third-order valence-corrected chi connectivity index (χ3v) is 3.22. The van der Waals surface area contributed by atoms with Crippen molar-refractivity contribution in [1.82, 2.24) is 15.1 Å². The van der Waals surface area contributed by atoms with Gasteiger partial charge in [-0.1, -0.05) is 17.7 Å². The van der Waals surface area contributed by atoms with E-state index in [1.54, 1.807) is 0 Å². The van der Waals surface area contributed by atoms with Crippen molar-refractivity contribution in [2.24, 2.45) is 7.05 Å². The van der Waals surface area contributed by atoms with Gasteiger partial charge in [0.15, 0.2) is 0 Å². The largest absolute Gasteiger partial charge is 0.307 e. The fourth-order valence-electron chi connectivity index (χ4n) is 2.36. The van der Waals surface area contributed by atoms with Crippen LogP contribution in [0.4, 0.5) is 0 Å². The molecule has 0 atom stereocenters. The van der Waals surface area contributed by atoms with Crippen molar-refractivity contribution in [3.8, 4) is 0 Å². The van der Waals surface area contributed by atoms with E-state index in [2.05, 4.69) is 43.3 Å². The molecule has 3 nitrogen and oxygen atoms in total. The highest BCUT2D eigenvalue weighted by atomic mass is 15.3. The summed E-state index contributed by atoms with van der Waals surface area (Å²) in [4.78, 5) is 0. The third-order valence-electron chi connectivity index (χ3n) is 3.22. The van der Waals surface area contributed by atoms with Crippen LogP contribution in [0.5, 0.6) is 0 Å². The first kappa shape index (κ1) is 12.8. The summed E-state index contributed by atoms with van der Waals surface area (Å²) in [7, 11) is 1.94. The van der Waals surface area contributed by atoms with E-state index in [1.165, 1.54) is 22.3 Å². The molecule has 0 aliphatic rings. The summed E-state index contributed by atoms with van der Waals surface area (Å²) in [5, 5.41) is 7.81. The molecule has 0 saturated heterocycles. The van der Waals surface area contributed by atoms with Crippen molar-refractivity contribution < 1.29 is 0 Å². The third kappa shape index (κ3) is 2.99. The van der Waals surface area contributed by atoms with Gasteiger partial charge in [0.25, 0.3) is 0 Å². The molecule has 3 heteroatoms. The lowest BCUT2D eigenvalue weighted by molar-refractivity contribution is 0.653. The Balaban J connectivity index is 1.98. The molecule has 0 unspecified atom stereocenters. The van der Waals surface area contributed by atoms with Crippen LogP contribution in [0.25, 0.3) is 0 Å². The highest BCUT2D eigenvalue weighted by molar-refractivity contribution is 5.37. The Hall–Kier alpha value is -1.61. The van der Waals surface area contributed by atoms with E-state index in [1.807, 2.05) is 24.0 Å². The molecular weight excluding hydrogens is 222 g/mol. The highest BCUT2D eigenvalue weighted by Crippen LogP contribution is 2.16. The molecule has 2 aromatic rings. The summed E-state index contributed by atoms with van der Waals surface area (Å²) in [6.07, 6.45) is 1.97. The Labute approximate surface area is 109 Å². The lowest BCUT2D eigenvalue weighted by Gasteiger charge is -2.11. The van der Waals surface area contributed by atoms with Crippen LogP contribution in [0.3, 0.4) is 0 Å². The zero-order chi connectivity index (χ0) is 13.1. The maximum atomic E-state index is 4.36. The molecule has 0 saturated carbocycles. The van der Waals surface area contributed by atoms with Gasteiger partial charge in [0.2, 0.25) is 0 Å². The van der Waals surface area contributed by atoms with Crippen molar-refractivity contribution in [2.75, 3.05) is 0 Å². The second-order valence-electron chi connectivity index (χ2n) is 4.96. The van der Waals surface area contributed by atoms with Crippen molar-refractivity contribution >= 4 is 0 Å². The molecule has 0 aliphatic carbocycles. The molecule has 0 radical (unpaired) electrons. The van der Waals surface area contributed by atoms with Crippen molar-refractivity contribution in [2.45, 2.75) is 33.9 Å². The van der Waals surface area contributed by atoms with Crippen molar-refractivity contribution in [3.05, 3.63) is 52.3 Å². The lowest BCUT2D eigenvalue weighted by Crippen LogP contribution is -2.15. The number of aryl methyl sites for hydroxylation is 4. The topological polar surface area (TPSA) is 29.9 Å². The Bertz CT molecular complexity index is 517. The smallest absolute Gasteiger partial charge is 0.0762 e. The number of hydrogen-bond acceptors (Lipinski definition) is 2. The fraction of sp³-hybridized carbons (Fsp3) is 0.400. The van der Waals surface area contributed by atoms with Gasteiger partial charge >= 0.3 is 0 Å². The van der Waals surface area contributed by atoms with E-state index >= 15 is 0 Å². The SMILES string of the molecule is Cc1cc(C)c(CNCc2ccn(C)n2)c(C)c1. The predicted molar refractivity (Wildman–Crippen MR) is 74.4 cm³/mol. The first-order valence-electron chi connectivity index (χ1n) is 6.32. The average molecular weight is 243 g/mol. The molecule has 0 bridgehead atoms. The molecule has 0 amide bonds. The monoisotopic (exact) mass is 243 g/mol. The summed E-state index contributed by atoms with van der Waals surface area (Å²) < 4.78 is 1.83. The Morgan fingerprint density at radius 2 is 1.78 bits per heavy atom. The summed E-state index contributed by atoms with van der Waals surface area (Å²) in [5.41, 5.74) is 6.54. The van der Waals surface area contributed by atoms with Crippen LogP contribution in [-0.4, -0.2) is 9.78 Å². The number of rotatable bonds is 4. The van der Waals surface area contributed by atoms with E-state index in [0.717, 1.165) is 18.8 Å².